The molecule has 1 N–H and O–H groups in total. The van der Waals surface area contributed by atoms with Crippen LogP contribution in [0.2, 0.25) is 5.02 Å². The Morgan fingerprint density at radius 3 is 2.79 bits per heavy atom. The molecular formula is C11H13ClN2O4S. The molecular weight excluding hydrogens is 292 g/mol. The Balaban J connectivity index is 2.07. The van der Waals surface area contributed by atoms with E-state index in [1.54, 1.807) is 0 Å². The largest absolute Gasteiger partial charge is 0.309 e. The zero-order valence-corrected chi connectivity index (χ0v) is 11.6. The van der Waals surface area contributed by atoms with Crippen molar-refractivity contribution in [3.63, 3.8) is 0 Å². The topological polar surface area (TPSA) is 89.3 Å². The molecule has 2 rings (SSSR count). The van der Waals surface area contributed by atoms with E-state index in [4.69, 9.17) is 11.6 Å². The summed E-state index contributed by atoms with van der Waals surface area (Å²) in [7, 11) is -2.96. The Hall–Kier alpha value is -1.18. The van der Waals surface area contributed by atoms with Crippen molar-refractivity contribution in [2.45, 2.75) is 19.0 Å². The number of nitrogens with zero attached hydrogens (tertiary/aromatic N) is 1. The molecule has 1 heterocycles. The predicted molar refractivity (Wildman–Crippen MR) is 72.0 cm³/mol. The fraction of sp³-hybridized carbons (Fsp3) is 0.455. The minimum Gasteiger partial charge on any atom is -0.309 e. The minimum absolute atomic E-state index is 0.0160. The van der Waals surface area contributed by atoms with Gasteiger partial charge in [0, 0.05) is 29.2 Å². The summed E-state index contributed by atoms with van der Waals surface area (Å²) < 4.78 is 22.6. The zero-order chi connectivity index (χ0) is 14.0. The molecule has 1 saturated heterocycles. The lowest BCUT2D eigenvalue weighted by Gasteiger charge is -2.11. The highest BCUT2D eigenvalue weighted by Crippen LogP contribution is 2.23. The zero-order valence-electron chi connectivity index (χ0n) is 10.0. The van der Waals surface area contributed by atoms with E-state index in [9.17, 15) is 18.5 Å². The predicted octanol–water partition coefficient (Wildman–Crippen LogP) is 1.52. The van der Waals surface area contributed by atoms with Gasteiger partial charge in [-0.1, -0.05) is 11.6 Å². The van der Waals surface area contributed by atoms with Gasteiger partial charge >= 0.3 is 0 Å². The lowest BCUT2D eigenvalue weighted by Crippen LogP contribution is -2.29. The fourth-order valence-electron chi connectivity index (χ4n) is 2.08. The number of rotatable bonds is 4. The number of hydrogen-bond acceptors (Lipinski definition) is 5. The van der Waals surface area contributed by atoms with E-state index >= 15 is 0 Å². The van der Waals surface area contributed by atoms with Crippen molar-refractivity contribution in [2.75, 3.05) is 11.5 Å². The van der Waals surface area contributed by atoms with Gasteiger partial charge in [0.1, 0.15) is 0 Å². The number of nitrogens with one attached hydrogen (secondary N) is 1. The lowest BCUT2D eigenvalue weighted by molar-refractivity contribution is -0.385. The molecule has 1 fully saturated rings. The normalized spacial score (nSPS) is 21.4. The summed E-state index contributed by atoms with van der Waals surface area (Å²) in [5, 5.41) is 14.3. The Bertz CT molecular complexity index is 603. The summed E-state index contributed by atoms with van der Waals surface area (Å²) in [4.78, 5) is 10.4. The first-order valence-electron chi connectivity index (χ1n) is 5.74. The Labute approximate surface area is 115 Å². The van der Waals surface area contributed by atoms with Crippen LogP contribution < -0.4 is 5.32 Å². The van der Waals surface area contributed by atoms with E-state index in [1.165, 1.54) is 18.2 Å². The van der Waals surface area contributed by atoms with Crippen LogP contribution in [0.4, 0.5) is 5.69 Å². The van der Waals surface area contributed by atoms with Crippen molar-refractivity contribution < 1.29 is 13.3 Å². The second-order valence-electron chi connectivity index (χ2n) is 4.51. The quantitative estimate of drug-likeness (QED) is 0.673. The second kappa shape index (κ2) is 5.44. The molecule has 1 aromatic rings. The first-order chi connectivity index (χ1) is 8.87. The van der Waals surface area contributed by atoms with Crippen molar-refractivity contribution >= 4 is 27.1 Å². The van der Waals surface area contributed by atoms with E-state index in [0.717, 1.165) is 0 Å². The molecule has 0 aliphatic carbocycles. The third-order valence-corrected chi connectivity index (χ3v) is 5.05. The van der Waals surface area contributed by atoms with Gasteiger partial charge in [-0.05, 0) is 18.6 Å². The van der Waals surface area contributed by atoms with E-state index in [-0.39, 0.29) is 29.8 Å². The van der Waals surface area contributed by atoms with Crippen LogP contribution in [-0.2, 0) is 16.4 Å². The Morgan fingerprint density at radius 2 is 2.21 bits per heavy atom. The van der Waals surface area contributed by atoms with Crippen molar-refractivity contribution in [3.05, 3.63) is 38.9 Å². The molecule has 0 amide bonds. The Morgan fingerprint density at radius 1 is 1.47 bits per heavy atom. The van der Waals surface area contributed by atoms with E-state index in [2.05, 4.69) is 5.32 Å². The van der Waals surface area contributed by atoms with E-state index in [0.29, 0.717) is 17.0 Å². The third kappa shape index (κ3) is 3.65. The molecule has 1 aromatic carbocycles. The standard InChI is InChI=1S/C11H13ClN2O4S/c12-9-1-2-11(14(15)16)8(5-9)6-13-10-3-4-19(17,18)7-10/h1-2,5,10,13H,3-4,6-7H2. The van der Waals surface area contributed by atoms with Crippen LogP contribution in [0.15, 0.2) is 18.2 Å². The maximum absolute atomic E-state index is 11.3. The number of benzene rings is 1. The third-order valence-electron chi connectivity index (χ3n) is 3.05. The average Bonchev–Trinajstić information content (AvgIpc) is 2.66. The molecule has 6 nitrogen and oxygen atoms in total. The van der Waals surface area contributed by atoms with Gasteiger partial charge in [-0.15, -0.1) is 0 Å². The van der Waals surface area contributed by atoms with E-state index < -0.39 is 14.8 Å². The van der Waals surface area contributed by atoms with Crippen LogP contribution in [-0.4, -0.2) is 30.9 Å². The van der Waals surface area contributed by atoms with Crippen LogP contribution in [0.3, 0.4) is 0 Å². The van der Waals surface area contributed by atoms with Crippen LogP contribution >= 0.6 is 11.6 Å². The molecule has 104 valence electrons. The van der Waals surface area contributed by atoms with Crippen LogP contribution in [0.1, 0.15) is 12.0 Å². The molecule has 0 spiro atoms. The molecule has 1 aliphatic rings. The number of sulfone groups is 1. The van der Waals surface area contributed by atoms with Crippen molar-refractivity contribution in [2.24, 2.45) is 0 Å². The molecule has 0 saturated carbocycles. The van der Waals surface area contributed by atoms with Gasteiger partial charge in [0.2, 0.25) is 0 Å². The van der Waals surface area contributed by atoms with Crippen LogP contribution in [0.25, 0.3) is 0 Å². The first kappa shape index (κ1) is 14.2. The fourth-order valence-corrected chi connectivity index (χ4v) is 3.99. The SMILES string of the molecule is O=[N+]([O-])c1ccc(Cl)cc1CNC1CCS(=O)(=O)C1. The molecule has 1 unspecified atom stereocenters. The molecule has 1 aliphatic heterocycles. The van der Waals surface area contributed by atoms with Crippen molar-refractivity contribution in [1.29, 1.82) is 0 Å². The van der Waals surface area contributed by atoms with Crippen molar-refractivity contribution in [3.8, 4) is 0 Å². The summed E-state index contributed by atoms with van der Waals surface area (Å²) in [6.45, 7) is 0.233. The summed E-state index contributed by atoms with van der Waals surface area (Å²) in [6, 6.07) is 4.19. The molecule has 19 heavy (non-hydrogen) atoms. The maximum Gasteiger partial charge on any atom is 0.273 e. The first-order valence-corrected chi connectivity index (χ1v) is 7.94. The maximum atomic E-state index is 11.3. The number of nitro benzene ring substituents is 1. The minimum atomic E-state index is -2.96. The molecule has 0 aromatic heterocycles. The smallest absolute Gasteiger partial charge is 0.273 e. The number of hydrogen-bond donors (Lipinski definition) is 1. The highest BCUT2D eigenvalue weighted by atomic mass is 35.5. The average molecular weight is 305 g/mol. The highest BCUT2D eigenvalue weighted by molar-refractivity contribution is 7.91. The second-order valence-corrected chi connectivity index (χ2v) is 7.18. The highest BCUT2D eigenvalue weighted by Gasteiger charge is 2.27. The number of halogens is 1. The summed E-state index contributed by atoms with van der Waals surface area (Å²) in [5.41, 5.74) is 0.444. The van der Waals surface area contributed by atoms with Gasteiger partial charge in [-0.3, -0.25) is 10.1 Å². The van der Waals surface area contributed by atoms with Gasteiger partial charge in [0.05, 0.1) is 16.4 Å². The molecule has 1 atom stereocenters. The molecule has 0 radical (unpaired) electrons. The monoisotopic (exact) mass is 304 g/mol. The van der Waals surface area contributed by atoms with E-state index in [1.807, 2.05) is 0 Å². The molecule has 0 bridgehead atoms. The lowest BCUT2D eigenvalue weighted by atomic mass is 10.1. The van der Waals surface area contributed by atoms with Gasteiger partial charge in [0.25, 0.3) is 5.69 Å². The molecule has 8 heteroatoms. The van der Waals surface area contributed by atoms with Crippen LogP contribution in [0, 0.1) is 10.1 Å². The van der Waals surface area contributed by atoms with Gasteiger partial charge in [0.15, 0.2) is 9.84 Å². The van der Waals surface area contributed by atoms with Gasteiger partial charge in [-0.25, -0.2) is 8.42 Å². The number of nitro groups is 1. The Kier molecular flexibility index (Phi) is 4.07. The summed E-state index contributed by atoms with van der Waals surface area (Å²) in [6.07, 6.45) is 0.538. The summed E-state index contributed by atoms with van der Waals surface area (Å²) in [5.74, 6) is 0.254. The van der Waals surface area contributed by atoms with Gasteiger partial charge < -0.3 is 5.32 Å². The van der Waals surface area contributed by atoms with Crippen molar-refractivity contribution in [1.82, 2.24) is 5.32 Å². The van der Waals surface area contributed by atoms with Crippen LogP contribution in [0.5, 0.6) is 0 Å². The van der Waals surface area contributed by atoms with Gasteiger partial charge in [-0.2, -0.15) is 0 Å². The summed E-state index contributed by atoms with van der Waals surface area (Å²) >= 11 is 5.82.